The van der Waals surface area contributed by atoms with Gasteiger partial charge in [-0.15, -0.1) is 0 Å². The number of carbonyl (C=O) groups is 1. The Morgan fingerprint density at radius 2 is 1.26 bits per heavy atom. The maximum atomic E-state index is 11.0. The molecule has 0 aliphatic carbocycles. The number of anilines is 1. The highest BCUT2D eigenvalue weighted by Crippen LogP contribution is 2.28. The first-order chi connectivity index (χ1) is 18.6. The Balaban J connectivity index is 0.000000200. The molecular formula is C30H33N3O5S. The minimum atomic E-state index is -4.67. The number of hydrogen-bond donors (Lipinski definition) is 5. The van der Waals surface area contributed by atoms with Crippen molar-refractivity contribution in [3.05, 3.63) is 126 Å². The van der Waals surface area contributed by atoms with E-state index in [1.54, 1.807) is 0 Å². The van der Waals surface area contributed by atoms with Crippen molar-refractivity contribution in [2.75, 3.05) is 5.43 Å². The second-order valence-electron chi connectivity index (χ2n) is 8.14. The van der Waals surface area contributed by atoms with Gasteiger partial charge < -0.3 is 10.4 Å². The Morgan fingerprint density at radius 3 is 1.72 bits per heavy atom. The molecule has 0 saturated heterocycles. The van der Waals surface area contributed by atoms with Gasteiger partial charge in [0.15, 0.2) is 5.78 Å². The molecule has 0 saturated carbocycles. The first-order valence-corrected chi connectivity index (χ1v) is 13.5. The summed E-state index contributed by atoms with van der Waals surface area (Å²) in [5, 5.41) is 1.31. The normalized spacial score (nSPS) is 10.1. The maximum absolute atomic E-state index is 11.0. The molecule has 0 atom stereocenters. The third-order valence-corrected chi connectivity index (χ3v) is 5.39. The molecule has 4 aromatic carbocycles. The number of benzene rings is 4. The topological polar surface area (TPSA) is 146 Å². The van der Waals surface area contributed by atoms with E-state index in [2.05, 4.69) is 65.9 Å². The number of aryl methyl sites for hydroxylation is 1. The Hall–Kier alpha value is -4.28. The van der Waals surface area contributed by atoms with Crippen molar-refractivity contribution in [2.45, 2.75) is 20.3 Å². The minimum Gasteiger partial charge on any atom is -0.354 e. The van der Waals surface area contributed by atoms with Gasteiger partial charge >= 0.3 is 10.4 Å². The van der Waals surface area contributed by atoms with Crippen LogP contribution in [0.1, 0.15) is 29.3 Å². The van der Waals surface area contributed by atoms with Gasteiger partial charge in [-0.3, -0.25) is 19.7 Å². The van der Waals surface area contributed by atoms with Gasteiger partial charge in [0.25, 0.3) is 0 Å². The fraction of sp³-hybridized carbons (Fsp3) is 0.100. The molecule has 0 radical (unpaired) electrons. The molecule has 8 nitrogen and oxygen atoms in total. The van der Waals surface area contributed by atoms with Crippen LogP contribution in [0.4, 0.5) is 5.69 Å². The van der Waals surface area contributed by atoms with E-state index in [4.69, 9.17) is 23.4 Å². The number of carbonyl (C=O) groups excluding carboxylic acids is 1. The molecule has 0 fully saturated rings. The molecule has 0 amide bonds. The zero-order valence-corrected chi connectivity index (χ0v) is 22.6. The minimum absolute atomic E-state index is 0.209. The van der Waals surface area contributed by atoms with E-state index < -0.39 is 10.4 Å². The number of H-pyrrole nitrogens is 1. The summed E-state index contributed by atoms with van der Waals surface area (Å²) < 4.78 is 31.6. The summed E-state index contributed by atoms with van der Waals surface area (Å²) in [5.41, 5.74) is 9.27. The molecule has 0 spiro atoms. The van der Waals surface area contributed by atoms with Gasteiger partial charge in [-0.05, 0) is 36.2 Å². The molecule has 5 aromatic rings. The van der Waals surface area contributed by atoms with E-state index in [0.717, 1.165) is 11.3 Å². The highest BCUT2D eigenvalue weighted by atomic mass is 32.3. The molecule has 5 rings (SSSR count). The SMILES string of the molecule is CCC(=O)c1ccccc1.Cc1c(-c2ccccc2)[nH]c2ccccc12.NNc1ccccc1.O=S(=O)(O)O. The number of nitrogen functional groups attached to an aromatic ring is 1. The molecule has 39 heavy (non-hydrogen) atoms. The van der Waals surface area contributed by atoms with Crippen LogP contribution in [0.25, 0.3) is 22.2 Å². The van der Waals surface area contributed by atoms with E-state index in [9.17, 15) is 4.79 Å². The van der Waals surface area contributed by atoms with Gasteiger partial charge in [-0.25, -0.2) is 0 Å². The number of aromatic nitrogens is 1. The van der Waals surface area contributed by atoms with Crippen LogP contribution in [0, 0.1) is 6.92 Å². The molecule has 0 bridgehead atoms. The van der Waals surface area contributed by atoms with Crippen LogP contribution >= 0.6 is 0 Å². The lowest BCUT2D eigenvalue weighted by Crippen LogP contribution is -2.05. The third-order valence-electron chi connectivity index (χ3n) is 5.39. The number of hydrogen-bond acceptors (Lipinski definition) is 5. The highest BCUT2D eigenvalue weighted by Gasteiger charge is 2.07. The molecule has 9 heteroatoms. The largest absolute Gasteiger partial charge is 0.394 e. The summed E-state index contributed by atoms with van der Waals surface area (Å²) >= 11 is 0. The molecule has 0 aliphatic heterocycles. The summed E-state index contributed by atoms with van der Waals surface area (Å²) in [6.45, 7) is 4.04. The molecule has 1 heterocycles. The zero-order chi connectivity index (χ0) is 28.7. The van der Waals surface area contributed by atoms with Crippen LogP contribution in [0.15, 0.2) is 115 Å². The van der Waals surface area contributed by atoms with E-state index in [1.807, 2.05) is 73.7 Å². The number of rotatable bonds is 4. The Morgan fingerprint density at radius 1 is 0.795 bits per heavy atom. The van der Waals surface area contributed by atoms with Gasteiger partial charge in [-0.2, -0.15) is 8.42 Å². The number of para-hydroxylation sites is 2. The van der Waals surface area contributed by atoms with E-state index in [1.165, 1.54) is 27.7 Å². The average Bonchev–Trinajstić information content (AvgIpc) is 3.30. The van der Waals surface area contributed by atoms with E-state index in [-0.39, 0.29) is 5.78 Å². The maximum Gasteiger partial charge on any atom is 0.394 e. The zero-order valence-electron chi connectivity index (χ0n) is 21.8. The summed E-state index contributed by atoms with van der Waals surface area (Å²) in [7, 11) is -4.67. The lowest BCUT2D eigenvalue weighted by molar-refractivity contribution is 0.0988. The predicted octanol–water partition coefficient (Wildman–Crippen LogP) is 6.74. The number of aromatic amines is 1. The van der Waals surface area contributed by atoms with Crippen molar-refractivity contribution in [1.82, 2.24) is 4.98 Å². The summed E-state index contributed by atoms with van der Waals surface area (Å²) in [4.78, 5) is 14.5. The number of ketones is 1. The highest BCUT2D eigenvalue weighted by molar-refractivity contribution is 7.79. The van der Waals surface area contributed by atoms with E-state index in [0.29, 0.717) is 6.42 Å². The Labute approximate surface area is 229 Å². The first-order valence-electron chi connectivity index (χ1n) is 12.1. The molecule has 6 N–H and O–H groups in total. The number of hydrazine groups is 1. The second kappa shape index (κ2) is 15.9. The van der Waals surface area contributed by atoms with Crippen LogP contribution in [0.2, 0.25) is 0 Å². The lowest BCUT2D eigenvalue weighted by Gasteiger charge is -1.99. The fourth-order valence-corrected chi connectivity index (χ4v) is 3.54. The molecule has 204 valence electrons. The van der Waals surface area contributed by atoms with Crippen molar-refractivity contribution in [2.24, 2.45) is 5.84 Å². The van der Waals surface area contributed by atoms with Crippen LogP contribution in [0.3, 0.4) is 0 Å². The Bertz CT molecular complexity index is 1510. The van der Waals surface area contributed by atoms with Gasteiger partial charge in [-0.1, -0.05) is 104 Å². The number of nitrogens with one attached hydrogen (secondary N) is 2. The van der Waals surface area contributed by atoms with Gasteiger partial charge in [0, 0.05) is 34.3 Å². The van der Waals surface area contributed by atoms with Crippen LogP contribution < -0.4 is 11.3 Å². The second-order valence-corrected chi connectivity index (χ2v) is 9.03. The number of Topliss-reactive ketones (excluding diaryl/α,β-unsaturated/α-hetero) is 1. The molecule has 1 aromatic heterocycles. The van der Waals surface area contributed by atoms with Gasteiger partial charge in [0.05, 0.1) is 0 Å². The molecule has 0 unspecified atom stereocenters. The van der Waals surface area contributed by atoms with Crippen molar-refractivity contribution < 1.29 is 22.3 Å². The molecular weight excluding hydrogens is 514 g/mol. The summed E-state index contributed by atoms with van der Waals surface area (Å²) in [5.74, 6) is 5.31. The van der Waals surface area contributed by atoms with Crippen LogP contribution in [-0.4, -0.2) is 28.3 Å². The van der Waals surface area contributed by atoms with E-state index >= 15 is 0 Å². The number of nitrogens with two attached hydrogens (primary N) is 1. The standard InChI is InChI=1S/C15H13N.C9H10O.C6H8N2.H2O4S/c1-11-13-9-5-6-10-14(13)16-15(11)12-7-3-2-4-8-12;1-2-9(10)8-6-4-3-5-7-8;7-8-6-4-2-1-3-5-6;1-5(2,3)4/h2-10,16H,1H3;3-7H,2H2,1H3;1-5,8H,7H2;(H2,1,2,3,4). The summed E-state index contributed by atoms with van der Waals surface area (Å²) in [6, 6.07) is 37.8. The number of fused-ring (bicyclic) bond motifs is 1. The van der Waals surface area contributed by atoms with Crippen molar-refractivity contribution in [3.8, 4) is 11.3 Å². The van der Waals surface area contributed by atoms with Crippen molar-refractivity contribution in [1.29, 1.82) is 0 Å². The summed E-state index contributed by atoms with van der Waals surface area (Å²) in [6.07, 6.45) is 0.587. The van der Waals surface area contributed by atoms with Gasteiger partial charge in [0.2, 0.25) is 0 Å². The monoisotopic (exact) mass is 547 g/mol. The van der Waals surface area contributed by atoms with Gasteiger partial charge in [0.1, 0.15) is 0 Å². The Kier molecular flexibility index (Phi) is 12.6. The van der Waals surface area contributed by atoms with Crippen molar-refractivity contribution >= 4 is 32.8 Å². The average molecular weight is 548 g/mol. The predicted molar refractivity (Wildman–Crippen MR) is 158 cm³/mol. The van der Waals surface area contributed by atoms with Crippen LogP contribution in [0.5, 0.6) is 0 Å². The smallest absolute Gasteiger partial charge is 0.354 e. The third kappa shape index (κ3) is 11.3. The fourth-order valence-electron chi connectivity index (χ4n) is 3.54. The lowest BCUT2D eigenvalue weighted by atomic mass is 10.1. The molecule has 0 aliphatic rings. The first kappa shape index (κ1) is 30.9. The van der Waals surface area contributed by atoms with Crippen LogP contribution in [-0.2, 0) is 10.4 Å². The van der Waals surface area contributed by atoms with Crippen molar-refractivity contribution in [3.63, 3.8) is 0 Å². The quantitative estimate of drug-likeness (QED) is 0.0724.